The molecule has 0 atom stereocenters. The summed E-state index contributed by atoms with van der Waals surface area (Å²) in [7, 11) is -3.37. The van der Waals surface area contributed by atoms with Crippen molar-refractivity contribution in [3.8, 4) is 0 Å². The van der Waals surface area contributed by atoms with Crippen LogP contribution in [0.3, 0.4) is 0 Å². The smallest absolute Gasteiger partial charge is 0.289 e. The lowest BCUT2D eigenvalue weighted by atomic mass is 10.0. The van der Waals surface area contributed by atoms with E-state index in [4.69, 9.17) is 9.05 Å². The van der Waals surface area contributed by atoms with Gasteiger partial charge in [0.25, 0.3) is 0 Å². The zero-order chi connectivity index (χ0) is 13.8. The molecule has 3 rings (SSSR count). The molecule has 4 nitrogen and oxygen atoms in total. The van der Waals surface area contributed by atoms with Crippen molar-refractivity contribution in [2.45, 2.75) is 0 Å². The molecule has 0 spiro atoms. The molecule has 0 aliphatic carbocycles. The summed E-state index contributed by atoms with van der Waals surface area (Å²) in [6.07, 6.45) is 0. The van der Waals surface area contributed by atoms with Crippen LogP contribution in [-0.4, -0.2) is 18.9 Å². The molecule has 0 radical (unpaired) electrons. The van der Waals surface area contributed by atoms with Gasteiger partial charge in [0, 0.05) is 11.1 Å². The van der Waals surface area contributed by atoms with Gasteiger partial charge in [-0.25, -0.2) is 4.57 Å². The van der Waals surface area contributed by atoms with Gasteiger partial charge in [0.05, 0.1) is 18.9 Å². The van der Waals surface area contributed by atoms with Gasteiger partial charge in [-0.1, -0.05) is 60.7 Å². The maximum absolute atomic E-state index is 12.3. The lowest BCUT2D eigenvalue weighted by Crippen LogP contribution is -2.03. The Morgan fingerprint density at radius 2 is 1.30 bits per heavy atom. The van der Waals surface area contributed by atoms with Gasteiger partial charge in [0.1, 0.15) is 0 Å². The topological polar surface area (TPSA) is 47.9 Å². The van der Waals surface area contributed by atoms with Crippen molar-refractivity contribution in [1.82, 2.24) is 0 Å². The Labute approximate surface area is 117 Å². The van der Waals surface area contributed by atoms with Crippen molar-refractivity contribution < 1.29 is 13.6 Å². The second-order valence-electron chi connectivity index (χ2n) is 4.32. The molecule has 0 aromatic heterocycles. The Morgan fingerprint density at radius 3 is 1.75 bits per heavy atom. The fraction of sp³-hybridized carbons (Fsp3) is 0.133. The standard InChI is InChI=1S/C15H14NO3P/c17-20(18-11-12-19-20)16-15(13-7-3-1-4-8-13)14-9-5-2-6-10-14/h1-10H,11-12H2. The van der Waals surface area contributed by atoms with E-state index in [1.54, 1.807) is 0 Å². The van der Waals surface area contributed by atoms with E-state index in [0.29, 0.717) is 18.9 Å². The van der Waals surface area contributed by atoms with Crippen molar-refractivity contribution >= 4 is 13.5 Å². The number of hydrogen-bond acceptors (Lipinski definition) is 3. The number of hydrogen-bond donors (Lipinski definition) is 0. The molecule has 1 fully saturated rings. The van der Waals surface area contributed by atoms with Gasteiger partial charge >= 0.3 is 7.75 Å². The summed E-state index contributed by atoms with van der Waals surface area (Å²) < 4.78 is 26.9. The van der Waals surface area contributed by atoms with Crippen LogP contribution in [0.1, 0.15) is 11.1 Å². The van der Waals surface area contributed by atoms with Gasteiger partial charge < -0.3 is 0 Å². The van der Waals surface area contributed by atoms with Gasteiger partial charge in [0.15, 0.2) is 0 Å². The van der Waals surface area contributed by atoms with E-state index in [-0.39, 0.29) is 0 Å². The lowest BCUT2D eigenvalue weighted by molar-refractivity contribution is 0.354. The van der Waals surface area contributed by atoms with E-state index in [9.17, 15) is 4.57 Å². The first-order valence-electron chi connectivity index (χ1n) is 6.37. The van der Waals surface area contributed by atoms with Crippen molar-refractivity contribution in [3.05, 3.63) is 71.8 Å². The second kappa shape index (κ2) is 5.71. The summed E-state index contributed by atoms with van der Waals surface area (Å²) in [5.74, 6) is 0. The Kier molecular flexibility index (Phi) is 3.79. The van der Waals surface area contributed by atoms with Crippen LogP contribution in [0.25, 0.3) is 0 Å². The second-order valence-corrected chi connectivity index (χ2v) is 5.97. The van der Waals surface area contributed by atoms with E-state index in [0.717, 1.165) is 11.1 Å². The number of nitrogens with zero attached hydrogens (tertiary/aromatic N) is 1. The molecule has 1 aliphatic heterocycles. The zero-order valence-electron chi connectivity index (χ0n) is 10.8. The summed E-state index contributed by atoms with van der Waals surface area (Å²) >= 11 is 0. The summed E-state index contributed by atoms with van der Waals surface area (Å²) in [5, 5.41) is 0. The predicted octanol–water partition coefficient (Wildman–Crippen LogP) is 3.68. The van der Waals surface area contributed by atoms with Crippen LogP contribution in [0.4, 0.5) is 0 Å². The SMILES string of the molecule is O=P1(N=C(c2ccccc2)c2ccccc2)OCCO1. The molecular weight excluding hydrogens is 273 g/mol. The average Bonchev–Trinajstić information content (AvgIpc) is 2.94. The van der Waals surface area contributed by atoms with Crippen molar-refractivity contribution in [2.24, 2.45) is 4.76 Å². The minimum atomic E-state index is -3.37. The maximum Gasteiger partial charge on any atom is 0.454 e. The molecule has 1 aliphatic rings. The van der Waals surface area contributed by atoms with E-state index in [1.165, 1.54) is 0 Å². The molecule has 2 aromatic rings. The quantitative estimate of drug-likeness (QED) is 0.639. The fourth-order valence-electron chi connectivity index (χ4n) is 2.00. The first-order chi connectivity index (χ1) is 9.77. The first kappa shape index (κ1) is 13.3. The Hall–Kier alpha value is -1.74. The van der Waals surface area contributed by atoms with Crippen molar-refractivity contribution in [1.29, 1.82) is 0 Å². The Balaban J connectivity index is 2.09. The van der Waals surface area contributed by atoms with Gasteiger partial charge in [-0.3, -0.25) is 9.05 Å². The minimum absolute atomic E-state index is 0.317. The number of benzene rings is 2. The zero-order valence-corrected chi connectivity index (χ0v) is 11.7. The first-order valence-corrected chi connectivity index (χ1v) is 7.87. The van der Waals surface area contributed by atoms with Crippen LogP contribution >= 0.6 is 7.75 Å². The van der Waals surface area contributed by atoms with Crippen LogP contribution in [0.5, 0.6) is 0 Å². The third-order valence-electron chi connectivity index (χ3n) is 2.91. The largest absolute Gasteiger partial charge is 0.454 e. The van der Waals surface area contributed by atoms with Crippen LogP contribution in [-0.2, 0) is 13.6 Å². The maximum atomic E-state index is 12.3. The van der Waals surface area contributed by atoms with Crippen LogP contribution in [0.2, 0.25) is 0 Å². The van der Waals surface area contributed by atoms with E-state index in [1.807, 2.05) is 60.7 Å². The lowest BCUT2D eigenvalue weighted by Gasteiger charge is -2.10. The van der Waals surface area contributed by atoms with Crippen molar-refractivity contribution in [3.63, 3.8) is 0 Å². The Bertz CT molecular complexity index is 604. The molecule has 0 amide bonds. The Morgan fingerprint density at radius 1 is 0.850 bits per heavy atom. The van der Waals surface area contributed by atoms with Crippen LogP contribution < -0.4 is 0 Å². The third kappa shape index (κ3) is 2.88. The molecule has 102 valence electrons. The summed E-state index contributed by atoms with van der Waals surface area (Å²) in [5.41, 5.74) is 2.39. The van der Waals surface area contributed by atoms with E-state index >= 15 is 0 Å². The normalized spacial score (nSPS) is 16.8. The van der Waals surface area contributed by atoms with E-state index < -0.39 is 7.75 Å². The molecule has 20 heavy (non-hydrogen) atoms. The molecule has 0 saturated carbocycles. The molecule has 0 bridgehead atoms. The minimum Gasteiger partial charge on any atom is -0.289 e. The highest BCUT2D eigenvalue weighted by molar-refractivity contribution is 7.52. The third-order valence-corrected chi connectivity index (χ3v) is 4.37. The molecular formula is C15H14NO3P. The van der Waals surface area contributed by atoms with Gasteiger partial charge in [-0.2, -0.15) is 4.76 Å². The summed E-state index contributed by atoms with van der Waals surface area (Å²) in [6.45, 7) is 0.634. The molecule has 1 saturated heterocycles. The van der Waals surface area contributed by atoms with Crippen molar-refractivity contribution in [2.75, 3.05) is 13.2 Å². The number of rotatable bonds is 3. The molecule has 0 unspecified atom stereocenters. The highest BCUT2D eigenvalue weighted by Crippen LogP contribution is 2.53. The average molecular weight is 287 g/mol. The summed E-state index contributed by atoms with van der Waals surface area (Å²) in [4.78, 5) is 0. The summed E-state index contributed by atoms with van der Waals surface area (Å²) in [6, 6.07) is 19.2. The molecule has 1 heterocycles. The predicted molar refractivity (Wildman–Crippen MR) is 78.0 cm³/mol. The highest BCUT2D eigenvalue weighted by atomic mass is 31.2. The van der Waals surface area contributed by atoms with Gasteiger partial charge in [-0.15, -0.1) is 0 Å². The fourth-order valence-corrected chi connectivity index (χ4v) is 3.27. The monoisotopic (exact) mass is 287 g/mol. The highest BCUT2D eigenvalue weighted by Gasteiger charge is 2.30. The van der Waals surface area contributed by atoms with E-state index in [2.05, 4.69) is 4.76 Å². The van der Waals surface area contributed by atoms with Gasteiger partial charge in [0.2, 0.25) is 0 Å². The molecule has 2 aromatic carbocycles. The van der Waals surface area contributed by atoms with Crippen LogP contribution in [0, 0.1) is 0 Å². The van der Waals surface area contributed by atoms with Gasteiger partial charge in [-0.05, 0) is 0 Å². The van der Waals surface area contributed by atoms with Crippen LogP contribution in [0.15, 0.2) is 65.4 Å². The molecule has 0 N–H and O–H groups in total. The molecule has 5 heteroatoms.